The number of carbonyl (C=O) groups excluding carboxylic acids is 1. The van der Waals surface area contributed by atoms with E-state index in [1.54, 1.807) is 12.1 Å². The molecule has 1 heterocycles. The second-order valence-corrected chi connectivity index (χ2v) is 6.21. The summed E-state index contributed by atoms with van der Waals surface area (Å²) in [6.45, 7) is 2.02. The zero-order chi connectivity index (χ0) is 15.2. The van der Waals surface area contributed by atoms with Gasteiger partial charge in [0.25, 0.3) is 0 Å². The Kier molecular flexibility index (Phi) is 5.76. The largest absolute Gasteiger partial charge is 0.478 e. The molecule has 0 saturated carbocycles. The van der Waals surface area contributed by atoms with Gasteiger partial charge >= 0.3 is 5.97 Å². The molecule has 0 aromatic heterocycles. The highest BCUT2D eigenvalue weighted by atomic mass is 79.9. The Hall–Kier alpha value is -1.40. The van der Waals surface area contributed by atoms with Gasteiger partial charge in [-0.2, -0.15) is 0 Å². The summed E-state index contributed by atoms with van der Waals surface area (Å²) in [5, 5.41) is 15.2. The van der Waals surface area contributed by atoms with Gasteiger partial charge in [-0.3, -0.25) is 4.79 Å². The molecule has 1 aliphatic rings. The number of benzene rings is 1. The monoisotopic (exact) mass is 354 g/mol. The molecule has 0 bridgehead atoms. The van der Waals surface area contributed by atoms with Gasteiger partial charge < -0.3 is 15.7 Å². The van der Waals surface area contributed by atoms with E-state index < -0.39 is 5.97 Å². The van der Waals surface area contributed by atoms with Gasteiger partial charge in [0.05, 0.1) is 11.3 Å². The summed E-state index contributed by atoms with van der Waals surface area (Å²) in [6.07, 6.45) is 3.56. The molecule has 1 unspecified atom stereocenters. The number of aromatic carboxylic acids is 1. The second-order valence-electron chi connectivity index (χ2n) is 5.29. The van der Waals surface area contributed by atoms with E-state index in [1.807, 2.05) is 0 Å². The molecule has 21 heavy (non-hydrogen) atoms. The number of piperidine rings is 1. The molecule has 6 heteroatoms. The number of carboxylic acid groups (broad SMARTS) is 1. The van der Waals surface area contributed by atoms with Crippen molar-refractivity contribution in [2.45, 2.75) is 25.7 Å². The molecule has 1 atom stereocenters. The number of carbonyl (C=O) groups is 2. The molecule has 1 aromatic carbocycles. The third-order valence-electron chi connectivity index (χ3n) is 3.66. The highest BCUT2D eigenvalue weighted by Crippen LogP contribution is 2.22. The first-order valence-corrected chi connectivity index (χ1v) is 7.89. The maximum Gasteiger partial charge on any atom is 0.337 e. The van der Waals surface area contributed by atoms with Crippen LogP contribution < -0.4 is 10.6 Å². The minimum atomic E-state index is -1.05. The standard InChI is InChI=1S/C15H19BrN2O3/c16-11-4-5-13(12(8-11)15(20)21)18-14(19)6-3-10-2-1-7-17-9-10/h4-5,8,10,17H,1-3,6-7,9H2,(H,18,19)(H,20,21). The SMILES string of the molecule is O=C(CCC1CCCNC1)Nc1ccc(Br)cc1C(=O)O. The summed E-state index contributed by atoms with van der Waals surface area (Å²) in [5.41, 5.74) is 0.439. The third kappa shape index (κ3) is 4.82. The molecule has 1 aliphatic heterocycles. The predicted molar refractivity (Wildman–Crippen MR) is 84.6 cm³/mol. The molecule has 1 saturated heterocycles. The predicted octanol–water partition coefficient (Wildman–Crippen LogP) is 2.87. The number of carboxylic acids is 1. The zero-order valence-electron chi connectivity index (χ0n) is 11.7. The third-order valence-corrected chi connectivity index (χ3v) is 4.16. The van der Waals surface area contributed by atoms with Crippen LogP contribution in [0.5, 0.6) is 0 Å². The average molecular weight is 355 g/mol. The number of halogens is 1. The van der Waals surface area contributed by atoms with Crippen LogP contribution in [-0.2, 0) is 4.79 Å². The van der Waals surface area contributed by atoms with Crippen molar-refractivity contribution < 1.29 is 14.7 Å². The molecule has 3 N–H and O–H groups in total. The smallest absolute Gasteiger partial charge is 0.337 e. The highest BCUT2D eigenvalue weighted by Gasteiger charge is 2.16. The van der Waals surface area contributed by atoms with Crippen LogP contribution in [0, 0.1) is 5.92 Å². The first kappa shape index (κ1) is 16.0. The molecule has 1 aromatic rings. The van der Waals surface area contributed by atoms with Crippen molar-refractivity contribution in [1.82, 2.24) is 5.32 Å². The number of hydrogen-bond acceptors (Lipinski definition) is 3. The van der Waals surface area contributed by atoms with E-state index in [1.165, 1.54) is 6.07 Å². The lowest BCUT2D eigenvalue weighted by molar-refractivity contribution is -0.116. The van der Waals surface area contributed by atoms with Gasteiger partial charge in [0.1, 0.15) is 0 Å². The summed E-state index contributed by atoms with van der Waals surface area (Å²) >= 11 is 3.23. The van der Waals surface area contributed by atoms with Crippen LogP contribution in [0.25, 0.3) is 0 Å². The maximum absolute atomic E-state index is 12.0. The average Bonchev–Trinajstić information content (AvgIpc) is 2.48. The first-order valence-electron chi connectivity index (χ1n) is 7.09. The van der Waals surface area contributed by atoms with Crippen LogP contribution in [-0.4, -0.2) is 30.1 Å². The van der Waals surface area contributed by atoms with E-state index >= 15 is 0 Å². The van der Waals surface area contributed by atoms with Crippen LogP contribution >= 0.6 is 15.9 Å². The highest BCUT2D eigenvalue weighted by molar-refractivity contribution is 9.10. The van der Waals surface area contributed by atoms with E-state index in [0.29, 0.717) is 22.5 Å². The number of rotatable bonds is 5. The fourth-order valence-corrected chi connectivity index (χ4v) is 2.88. The summed E-state index contributed by atoms with van der Waals surface area (Å²) in [4.78, 5) is 23.2. The number of anilines is 1. The Morgan fingerprint density at radius 3 is 2.90 bits per heavy atom. The molecule has 0 spiro atoms. The van der Waals surface area contributed by atoms with Crippen molar-refractivity contribution in [1.29, 1.82) is 0 Å². The molecule has 114 valence electrons. The van der Waals surface area contributed by atoms with Crippen molar-refractivity contribution in [3.05, 3.63) is 28.2 Å². The van der Waals surface area contributed by atoms with Gasteiger partial charge in [-0.1, -0.05) is 15.9 Å². The van der Waals surface area contributed by atoms with E-state index in [-0.39, 0.29) is 11.5 Å². The van der Waals surface area contributed by atoms with Gasteiger partial charge in [-0.05, 0) is 56.5 Å². The Morgan fingerprint density at radius 2 is 2.24 bits per heavy atom. The maximum atomic E-state index is 12.0. The molecule has 1 fully saturated rings. The minimum absolute atomic E-state index is 0.0945. The van der Waals surface area contributed by atoms with Crippen LogP contribution in [0.3, 0.4) is 0 Å². The van der Waals surface area contributed by atoms with Gasteiger partial charge in [0, 0.05) is 10.9 Å². The van der Waals surface area contributed by atoms with Crippen molar-refractivity contribution in [2.75, 3.05) is 18.4 Å². The van der Waals surface area contributed by atoms with Crippen LogP contribution in [0.15, 0.2) is 22.7 Å². The number of hydrogen-bond donors (Lipinski definition) is 3. The minimum Gasteiger partial charge on any atom is -0.478 e. The van der Waals surface area contributed by atoms with Crippen molar-refractivity contribution in [2.24, 2.45) is 5.92 Å². The van der Waals surface area contributed by atoms with Crippen LogP contribution in [0.1, 0.15) is 36.0 Å². The Balaban J connectivity index is 1.91. The van der Waals surface area contributed by atoms with E-state index in [9.17, 15) is 9.59 Å². The van der Waals surface area contributed by atoms with Gasteiger partial charge in [-0.25, -0.2) is 4.79 Å². The van der Waals surface area contributed by atoms with Crippen LogP contribution in [0.4, 0.5) is 5.69 Å². The second kappa shape index (κ2) is 7.56. The van der Waals surface area contributed by atoms with Crippen molar-refractivity contribution >= 4 is 33.5 Å². The zero-order valence-corrected chi connectivity index (χ0v) is 13.3. The molecular weight excluding hydrogens is 336 g/mol. The molecule has 0 aliphatic carbocycles. The van der Waals surface area contributed by atoms with E-state index in [0.717, 1.165) is 32.4 Å². The molecular formula is C15H19BrN2O3. The normalized spacial score (nSPS) is 18.2. The lowest BCUT2D eigenvalue weighted by Crippen LogP contribution is -2.30. The Bertz CT molecular complexity index is 528. The van der Waals surface area contributed by atoms with Crippen molar-refractivity contribution in [3.8, 4) is 0 Å². The molecule has 0 radical (unpaired) electrons. The van der Waals surface area contributed by atoms with E-state index in [2.05, 4.69) is 26.6 Å². The Labute approximate surface area is 132 Å². The molecule has 1 amide bonds. The number of amides is 1. The lowest BCUT2D eigenvalue weighted by atomic mass is 9.94. The molecule has 2 rings (SSSR count). The lowest BCUT2D eigenvalue weighted by Gasteiger charge is -2.22. The van der Waals surface area contributed by atoms with Gasteiger partial charge in [0.2, 0.25) is 5.91 Å². The summed E-state index contributed by atoms with van der Waals surface area (Å²) in [7, 11) is 0. The van der Waals surface area contributed by atoms with E-state index in [4.69, 9.17) is 5.11 Å². The quantitative estimate of drug-likeness (QED) is 0.759. The Morgan fingerprint density at radius 1 is 1.43 bits per heavy atom. The fraction of sp³-hybridized carbons (Fsp3) is 0.467. The fourth-order valence-electron chi connectivity index (χ4n) is 2.52. The van der Waals surface area contributed by atoms with Crippen molar-refractivity contribution in [3.63, 3.8) is 0 Å². The van der Waals surface area contributed by atoms with Gasteiger partial charge in [-0.15, -0.1) is 0 Å². The van der Waals surface area contributed by atoms with Crippen LogP contribution in [0.2, 0.25) is 0 Å². The summed E-state index contributed by atoms with van der Waals surface area (Å²) in [6, 6.07) is 4.81. The summed E-state index contributed by atoms with van der Waals surface area (Å²) < 4.78 is 0.672. The number of nitrogens with one attached hydrogen (secondary N) is 2. The topological polar surface area (TPSA) is 78.4 Å². The first-order chi connectivity index (χ1) is 10.1. The molecule has 5 nitrogen and oxygen atoms in total. The van der Waals surface area contributed by atoms with Gasteiger partial charge in [0.15, 0.2) is 0 Å². The summed E-state index contributed by atoms with van der Waals surface area (Å²) in [5.74, 6) is -0.651.